The molecule has 0 spiro atoms. The van der Waals surface area contributed by atoms with Crippen LogP contribution in [0.3, 0.4) is 0 Å². The Hall–Kier alpha value is -3.36. The first-order chi connectivity index (χ1) is 15.0. The molecule has 0 aliphatic carbocycles. The molecule has 8 heteroatoms. The minimum absolute atomic E-state index is 0.0871. The summed E-state index contributed by atoms with van der Waals surface area (Å²) in [5.41, 5.74) is 2.98. The minimum atomic E-state index is -3.71. The zero-order chi connectivity index (χ0) is 21.4. The lowest BCUT2D eigenvalue weighted by atomic mass is 10.1. The maximum absolute atomic E-state index is 12.8. The molecule has 2 heterocycles. The highest BCUT2D eigenvalue weighted by molar-refractivity contribution is 7.89. The van der Waals surface area contributed by atoms with Crippen LogP contribution in [0, 0.1) is 0 Å². The van der Waals surface area contributed by atoms with E-state index in [1.54, 1.807) is 47.4 Å². The maximum Gasteiger partial charge on any atom is 0.258 e. The standard InChI is InChI=1S/C23H20N2O5S/c26-23(17-4-2-1-3-5-17)25-11-10-18-13-19(7-8-20(18)25)31(27,28)24-14-16-6-9-21-22(12-16)30-15-29-21/h1-9,12-13,24H,10-11,14-15H2. The molecule has 0 fully saturated rings. The van der Waals surface area contributed by atoms with Gasteiger partial charge in [-0.05, 0) is 60.0 Å². The van der Waals surface area contributed by atoms with E-state index in [1.165, 1.54) is 6.07 Å². The lowest BCUT2D eigenvalue weighted by Crippen LogP contribution is -2.28. The zero-order valence-electron chi connectivity index (χ0n) is 16.6. The summed E-state index contributed by atoms with van der Waals surface area (Å²) in [6.07, 6.45) is 0.611. The second-order valence-electron chi connectivity index (χ2n) is 7.38. The number of rotatable bonds is 5. The van der Waals surface area contributed by atoms with Crippen LogP contribution in [0.15, 0.2) is 71.6 Å². The fourth-order valence-electron chi connectivity index (χ4n) is 3.81. The zero-order valence-corrected chi connectivity index (χ0v) is 17.4. The van der Waals surface area contributed by atoms with Gasteiger partial charge in [0.25, 0.3) is 5.91 Å². The van der Waals surface area contributed by atoms with Crippen molar-refractivity contribution in [2.24, 2.45) is 0 Å². The summed E-state index contributed by atoms with van der Waals surface area (Å²) < 4.78 is 38.9. The first kappa shape index (κ1) is 19.6. The van der Waals surface area contributed by atoms with Gasteiger partial charge in [0.05, 0.1) is 4.90 Å². The monoisotopic (exact) mass is 436 g/mol. The molecule has 1 N–H and O–H groups in total. The van der Waals surface area contributed by atoms with Crippen LogP contribution in [0.4, 0.5) is 5.69 Å². The number of hydrogen-bond acceptors (Lipinski definition) is 5. The molecule has 3 aromatic carbocycles. The molecule has 2 aliphatic rings. The number of carbonyl (C=O) groups excluding carboxylic acids is 1. The molecule has 7 nitrogen and oxygen atoms in total. The van der Waals surface area contributed by atoms with E-state index in [9.17, 15) is 13.2 Å². The number of sulfonamides is 1. The first-order valence-electron chi connectivity index (χ1n) is 9.89. The van der Waals surface area contributed by atoms with Crippen molar-refractivity contribution in [3.05, 3.63) is 83.4 Å². The van der Waals surface area contributed by atoms with Gasteiger partial charge in [-0.15, -0.1) is 0 Å². The summed E-state index contributed by atoms with van der Waals surface area (Å²) in [5, 5.41) is 0. The molecule has 1 amide bonds. The van der Waals surface area contributed by atoms with Crippen LogP contribution in [0.5, 0.6) is 11.5 Å². The van der Waals surface area contributed by atoms with Crippen molar-refractivity contribution in [3.8, 4) is 11.5 Å². The van der Waals surface area contributed by atoms with Crippen LogP contribution in [0.25, 0.3) is 0 Å². The number of fused-ring (bicyclic) bond motifs is 2. The second kappa shape index (κ2) is 7.72. The third-order valence-electron chi connectivity index (χ3n) is 5.43. The smallest absolute Gasteiger partial charge is 0.258 e. The second-order valence-corrected chi connectivity index (χ2v) is 9.14. The van der Waals surface area contributed by atoms with Crippen LogP contribution in [0.2, 0.25) is 0 Å². The molecule has 0 atom stereocenters. The number of nitrogens with zero attached hydrogens (tertiary/aromatic N) is 1. The fraction of sp³-hybridized carbons (Fsp3) is 0.174. The predicted octanol–water partition coefficient (Wildman–Crippen LogP) is 3.10. The number of hydrogen-bond donors (Lipinski definition) is 1. The average molecular weight is 436 g/mol. The van der Waals surface area contributed by atoms with Crippen molar-refractivity contribution in [2.45, 2.75) is 17.9 Å². The van der Waals surface area contributed by atoms with Crippen molar-refractivity contribution in [1.82, 2.24) is 4.72 Å². The van der Waals surface area contributed by atoms with Gasteiger partial charge in [-0.2, -0.15) is 0 Å². The van der Waals surface area contributed by atoms with Gasteiger partial charge in [0, 0.05) is 24.3 Å². The van der Waals surface area contributed by atoms with Crippen molar-refractivity contribution in [2.75, 3.05) is 18.2 Å². The van der Waals surface area contributed by atoms with E-state index in [0.29, 0.717) is 30.0 Å². The SMILES string of the molecule is O=C(c1ccccc1)N1CCc2cc(S(=O)(=O)NCc3ccc4c(c3)OCO4)ccc21. The Kier molecular flexibility index (Phi) is 4.88. The topological polar surface area (TPSA) is 84.9 Å². The normalized spacial score (nSPS) is 14.5. The third kappa shape index (κ3) is 3.75. The Morgan fingerprint density at radius 3 is 2.61 bits per heavy atom. The van der Waals surface area contributed by atoms with Crippen LogP contribution in [-0.2, 0) is 23.0 Å². The molecule has 5 rings (SSSR count). The van der Waals surface area contributed by atoms with Crippen LogP contribution < -0.4 is 19.1 Å². The molecule has 0 radical (unpaired) electrons. The van der Waals surface area contributed by atoms with Crippen LogP contribution in [-0.4, -0.2) is 27.7 Å². The Labute approximate surface area is 180 Å². The van der Waals surface area contributed by atoms with Gasteiger partial charge in [0.1, 0.15) is 0 Å². The lowest BCUT2D eigenvalue weighted by Gasteiger charge is -2.17. The van der Waals surface area contributed by atoms with E-state index in [4.69, 9.17) is 9.47 Å². The quantitative estimate of drug-likeness (QED) is 0.664. The number of ether oxygens (including phenoxy) is 2. The van der Waals surface area contributed by atoms with E-state index in [0.717, 1.165) is 16.8 Å². The predicted molar refractivity (Wildman–Crippen MR) is 115 cm³/mol. The lowest BCUT2D eigenvalue weighted by molar-refractivity contribution is 0.0989. The number of amides is 1. The minimum Gasteiger partial charge on any atom is -0.454 e. The molecule has 3 aromatic rings. The number of nitrogens with one attached hydrogen (secondary N) is 1. The Morgan fingerprint density at radius 2 is 1.77 bits per heavy atom. The molecule has 2 aliphatic heterocycles. The largest absolute Gasteiger partial charge is 0.454 e. The molecule has 0 bridgehead atoms. The number of anilines is 1. The first-order valence-corrected chi connectivity index (χ1v) is 11.4. The van der Waals surface area contributed by atoms with E-state index < -0.39 is 10.0 Å². The summed E-state index contributed by atoms with van der Waals surface area (Å²) in [6.45, 7) is 0.829. The van der Waals surface area contributed by atoms with E-state index in [-0.39, 0.29) is 24.1 Å². The van der Waals surface area contributed by atoms with Gasteiger partial charge in [0.2, 0.25) is 16.8 Å². The Morgan fingerprint density at radius 1 is 0.968 bits per heavy atom. The van der Waals surface area contributed by atoms with Gasteiger partial charge >= 0.3 is 0 Å². The van der Waals surface area contributed by atoms with Crippen molar-refractivity contribution >= 4 is 21.6 Å². The molecule has 0 saturated heterocycles. The van der Waals surface area contributed by atoms with Crippen LogP contribution in [0.1, 0.15) is 21.5 Å². The highest BCUT2D eigenvalue weighted by Gasteiger charge is 2.27. The van der Waals surface area contributed by atoms with Gasteiger partial charge in [-0.1, -0.05) is 24.3 Å². The van der Waals surface area contributed by atoms with E-state index in [2.05, 4.69) is 4.72 Å². The molecule has 0 aromatic heterocycles. The summed E-state index contributed by atoms with van der Waals surface area (Å²) in [4.78, 5) is 14.7. The highest BCUT2D eigenvalue weighted by atomic mass is 32.2. The molecule has 0 saturated carbocycles. The third-order valence-corrected chi connectivity index (χ3v) is 6.82. The average Bonchev–Trinajstić information content (AvgIpc) is 3.44. The number of carbonyl (C=O) groups is 1. The van der Waals surface area contributed by atoms with E-state index in [1.807, 2.05) is 18.2 Å². The summed E-state index contributed by atoms with van der Waals surface area (Å²) >= 11 is 0. The van der Waals surface area contributed by atoms with Gasteiger partial charge in [-0.3, -0.25) is 4.79 Å². The van der Waals surface area contributed by atoms with Crippen molar-refractivity contribution in [3.63, 3.8) is 0 Å². The van der Waals surface area contributed by atoms with Crippen molar-refractivity contribution < 1.29 is 22.7 Å². The summed E-state index contributed by atoms with van der Waals surface area (Å²) in [5.74, 6) is 1.17. The molecule has 158 valence electrons. The van der Waals surface area contributed by atoms with E-state index >= 15 is 0 Å². The Bertz CT molecular complexity index is 1260. The molecule has 31 heavy (non-hydrogen) atoms. The highest BCUT2D eigenvalue weighted by Crippen LogP contribution is 2.33. The van der Waals surface area contributed by atoms with Crippen LogP contribution >= 0.6 is 0 Å². The fourth-order valence-corrected chi connectivity index (χ4v) is 4.87. The maximum atomic E-state index is 12.8. The molecular formula is C23H20N2O5S. The summed E-state index contributed by atoms with van der Waals surface area (Å²) in [7, 11) is -3.71. The van der Waals surface area contributed by atoms with Crippen molar-refractivity contribution in [1.29, 1.82) is 0 Å². The van der Waals surface area contributed by atoms with Gasteiger partial charge < -0.3 is 14.4 Å². The molecule has 0 unspecified atom stereocenters. The van der Waals surface area contributed by atoms with Gasteiger partial charge in [-0.25, -0.2) is 13.1 Å². The summed E-state index contributed by atoms with van der Waals surface area (Å²) in [6, 6.07) is 19.3. The Balaban J connectivity index is 1.32. The van der Waals surface area contributed by atoms with Gasteiger partial charge in [0.15, 0.2) is 11.5 Å². The number of benzene rings is 3. The molecular weight excluding hydrogens is 416 g/mol.